The van der Waals surface area contributed by atoms with E-state index in [2.05, 4.69) is 16.8 Å². The molecule has 5 nitrogen and oxygen atoms in total. The highest BCUT2D eigenvalue weighted by Crippen LogP contribution is 2.28. The van der Waals surface area contributed by atoms with Gasteiger partial charge in [0.2, 0.25) is 5.88 Å². The normalized spacial score (nSPS) is 11.6. The van der Waals surface area contributed by atoms with Crippen LogP contribution in [0.1, 0.15) is 37.4 Å². The zero-order chi connectivity index (χ0) is 16.7. The number of aliphatic hydroxyl groups excluding tert-OH is 1. The van der Waals surface area contributed by atoms with Gasteiger partial charge < -0.3 is 19.7 Å². The summed E-state index contributed by atoms with van der Waals surface area (Å²) in [5.74, 6) is 5.03. The Kier molecular flexibility index (Phi) is 5.95. The molecule has 120 valence electrons. The first kappa shape index (κ1) is 16.8. The third kappa shape index (κ3) is 4.70. The summed E-state index contributed by atoms with van der Waals surface area (Å²) >= 11 is 0. The molecule has 0 bridgehead atoms. The van der Waals surface area contributed by atoms with Gasteiger partial charge in [0.15, 0.2) is 0 Å². The maximum absolute atomic E-state index is 10.3. The Morgan fingerprint density at radius 2 is 2.17 bits per heavy atom. The van der Waals surface area contributed by atoms with Crippen LogP contribution in [-0.2, 0) is 4.79 Å². The molecular formula is C18H18NO4-. The molecule has 1 atom stereocenters. The molecule has 5 heteroatoms. The number of hydrogen-bond acceptors (Lipinski definition) is 5. The molecule has 0 aliphatic carbocycles. The van der Waals surface area contributed by atoms with Crippen molar-refractivity contribution in [3.05, 3.63) is 35.9 Å². The van der Waals surface area contributed by atoms with Gasteiger partial charge in [-0.05, 0) is 25.0 Å². The van der Waals surface area contributed by atoms with Crippen molar-refractivity contribution in [1.82, 2.24) is 4.98 Å². The summed E-state index contributed by atoms with van der Waals surface area (Å²) in [5, 5.41) is 21.5. The van der Waals surface area contributed by atoms with E-state index in [-0.39, 0.29) is 12.8 Å². The summed E-state index contributed by atoms with van der Waals surface area (Å²) in [5.41, 5.74) is 1.39. The SMILES string of the molecule is COc1nc2ccccc2cc1C(O)CC#CCCCC(=O)[O-]. The van der Waals surface area contributed by atoms with E-state index < -0.39 is 12.1 Å². The summed E-state index contributed by atoms with van der Waals surface area (Å²) in [6, 6.07) is 9.45. The number of carbonyl (C=O) groups excluding carboxylic acids is 1. The average Bonchev–Trinajstić information content (AvgIpc) is 2.56. The molecule has 1 aromatic carbocycles. The van der Waals surface area contributed by atoms with Crippen LogP contribution in [-0.4, -0.2) is 23.2 Å². The predicted octanol–water partition coefficient (Wildman–Crippen LogP) is 1.59. The summed E-state index contributed by atoms with van der Waals surface area (Å²) in [7, 11) is 1.51. The van der Waals surface area contributed by atoms with E-state index in [1.807, 2.05) is 30.3 Å². The number of aromatic nitrogens is 1. The molecule has 1 aromatic heterocycles. The maximum Gasteiger partial charge on any atom is 0.219 e. The second kappa shape index (κ2) is 8.16. The lowest BCUT2D eigenvalue weighted by atomic mass is 10.1. The highest BCUT2D eigenvalue weighted by Gasteiger charge is 2.14. The van der Waals surface area contributed by atoms with Gasteiger partial charge in [0, 0.05) is 29.8 Å². The number of aliphatic hydroxyl groups is 1. The number of ether oxygens (including phenoxy) is 1. The Morgan fingerprint density at radius 3 is 2.91 bits per heavy atom. The second-order valence-corrected chi connectivity index (χ2v) is 5.08. The molecular weight excluding hydrogens is 294 g/mol. The van der Waals surface area contributed by atoms with Crippen LogP contribution in [0.2, 0.25) is 0 Å². The number of para-hydroxylation sites is 1. The van der Waals surface area contributed by atoms with Crippen molar-refractivity contribution in [2.24, 2.45) is 0 Å². The summed E-state index contributed by atoms with van der Waals surface area (Å²) in [6.07, 6.45) is 0.345. The standard InChI is InChI=1S/C18H19NO4/c1-23-18-14(12-13-8-6-7-9-15(13)19-18)16(20)10-4-2-3-5-11-17(21)22/h6-9,12,16,20H,3,5,10-11H2,1H3,(H,21,22)/p-1. The molecule has 0 radical (unpaired) electrons. The van der Waals surface area contributed by atoms with E-state index in [4.69, 9.17) is 4.74 Å². The number of carboxylic acids is 1. The van der Waals surface area contributed by atoms with Crippen LogP contribution < -0.4 is 9.84 Å². The maximum atomic E-state index is 10.3. The fourth-order valence-electron chi connectivity index (χ4n) is 2.21. The number of unbranched alkanes of at least 4 members (excludes halogenated alkanes) is 1. The second-order valence-electron chi connectivity index (χ2n) is 5.08. The van der Waals surface area contributed by atoms with Crippen LogP contribution in [0.15, 0.2) is 30.3 Å². The monoisotopic (exact) mass is 312 g/mol. The zero-order valence-corrected chi connectivity index (χ0v) is 12.9. The zero-order valence-electron chi connectivity index (χ0n) is 12.9. The molecule has 1 heterocycles. The lowest BCUT2D eigenvalue weighted by molar-refractivity contribution is -0.305. The first-order valence-corrected chi connectivity index (χ1v) is 7.39. The molecule has 2 rings (SSSR count). The van der Waals surface area contributed by atoms with Crippen LogP contribution >= 0.6 is 0 Å². The van der Waals surface area contributed by atoms with Crippen molar-refractivity contribution in [3.8, 4) is 17.7 Å². The van der Waals surface area contributed by atoms with Gasteiger partial charge in [0.1, 0.15) is 0 Å². The average molecular weight is 312 g/mol. The van der Waals surface area contributed by atoms with Gasteiger partial charge in [-0.2, -0.15) is 0 Å². The number of nitrogens with zero attached hydrogens (tertiary/aromatic N) is 1. The number of pyridine rings is 1. The van der Waals surface area contributed by atoms with E-state index in [9.17, 15) is 15.0 Å². The Morgan fingerprint density at radius 1 is 1.39 bits per heavy atom. The number of hydrogen-bond donors (Lipinski definition) is 1. The van der Waals surface area contributed by atoms with Crippen molar-refractivity contribution >= 4 is 16.9 Å². The molecule has 0 saturated carbocycles. The van der Waals surface area contributed by atoms with Crippen molar-refractivity contribution in [1.29, 1.82) is 0 Å². The van der Waals surface area contributed by atoms with Crippen LogP contribution in [0, 0.1) is 11.8 Å². The first-order chi connectivity index (χ1) is 11.1. The van der Waals surface area contributed by atoms with Crippen molar-refractivity contribution in [2.45, 2.75) is 31.8 Å². The lowest BCUT2D eigenvalue weighted by Gasteiger charge is -2.13. The van der Waals surface area contributed by atoms with Gasteiger partial charge >= 0.3 is 0 Å². The number of benzene rings is 1. The lowest BCUT2D eigenvalue weighted by Crippen LogP contribution is -2.21. The third-order valence-corrected chi connectivity index (χ3v) is 3.37. The molecule has 1 N–H and O–H groups in total. The fourth-order valence-corrected chi connectivity index (χ4v) is 2.21. The smallest absolute Gasteiger partial charge is 0.219 e. The highest BCUT2D eigenvalue weighted by atomic mass is 16.5. The fraction of sp³-hybridized carbons (Fsp3) is 0.333. The highest BCUT2D eigenvalue weighted by molar-refractivity contribution is 5.80. The minimum absolute atomic E-state index is 0.000346. The van der Waals surface area contributed by atoms with E-state index in [0.717, 1.165) is 10.9 Å². The molecule has 0 amide bonds. The molecule has 0 aliphatic heterocycles. The molecule has 0 saturated heterocycles. The van der Waals surface area contributed by atoms with E-state index in [1.165, 1.54) is 7.11 Å². The predicted molar refractivity (Wildman–Crippen MR) is 84.5 cm³/mol. The molecule has 0 spiro atoms. The molecule has 1 unspecified atom stereocenters. The quantitative estimate of drug-likeness (QED) is 0.647. The largest absolute Gasteiger partial charge is 0.550 e. The molecule has 23 heavy (non-hydrogen) atoms. The summed E-state index contributed by atoms with van der Waals surface area (Å²) in [6.45, 7) is 0. The molecule has 0 fully saturated rings. The van der Waals surface area contributed by atoms with Crippen LogP contribution in [0.5, 0.6) is 5.88 Å². The van der Waals surface area contributed by atoms with E-state index in [1.54, 1.807) is 0 Å². The Hall–Kier alpha value is -2.58. The summed E-state index contributed by atoms with van der Waals surface area (Å²) in [4.78, 5) is 14.7. The topological polar surface area (TPSA) is 82.5 Å². The van der Waals surface area contributed by atoms with Crippen LogP contribution in [0.25, 0.3) is 10.9 Å². The minimum Gasteiger partial charge on any atom is -0.550 e. The number of carboxylic acid groups (broad SMARTS) is 1. The minimum atomic E-state index is -1.07. The van der Waals surface area contributed by atoms with Crippen LogP contribution in [0.3, 0.4) is 0 Å². The Labute approximate surface area is 134 Å². The van der Waals surface area contributed by atoms with Gasteiger partial charge in [0.05, 0.1) is 18.7 Å². The van der Waals surface area contributed by atoms with Gasteiger partial charge in [-0.3, -0.25) is 0 Å². The number of aliphatic carboxylic acids is 1. The van der Waals surface area contributed by atoms with E-state index >= 15 is 0 Å². The number of fused-ring (bicyclic) bond motifs is 1. The van der Waals surface area contributed by atoms with Crippen molar-refractivity contribution < 1.29 is 19.7 Å². The summed E-state index contributed by atoms with van der Waals surface area (Å²) < 4.78 is 5.25. The number of methoxy groups -OCH3 is 1. The van der Waals surface area contributed by atoms with Crippen molar-refractivity contribution in [3.63, 3.8) is 0 Å². The van der Waals surface area contributed by atoms with Gasteiger partial charge in [-0.25, -0.2) is 4.98 Å². The Balaban J connectivity index is 2.06. The van der Waals surface area contributed by atoms with Gasteiger partial charge in [0.25, 0.3) is 0 Å². The van der Waals surface area contributed by atoms with E-state index in [0.29, 0.717) is 24.3 Å². The molecule has 2 aromatic rings. The van der Waals surface area contributed by atoms with Crippen LogP contribution in [0.4, 0.5) is 0 Å². The van der Waals surface area contributed by atoms with Gasteiger partial charge in [-0.15, -0.1) is 11.8 Å². The number of carbonyl (C=O) groups is 1. The molecule has 0 aliphatic rings. The third-order valence-electron chi connectivity index (χ3n) is 3.37. The van der Waals surface area contributed by atoms with Gasteiger partial charge in [-0.1, -0.05) is 18.2 Å². The first-order valence-electron chi connectivity index (χ1n) is 7.39. The Bertz CT molecular complexity index is 746. The number of rotatable bonds is 6. The van der Waals surface area contributed by atoms with Crippen molar-refractivity contribution in [2.75, 3.05) is 7.11 Å².